The highest BCUT2D eigenvalue weighted by Crippen LogP contribution is 2.14. The first-order valence-electron chi connectivity index (χ1n) is 6.82. The van der Waals surface area contributed by atoms with Crippen molar-refractivity contribution < 1.29 is 4.74 Å². The van der Waals surface area contributed by atoms with E-state index in [1.54, 1.807) is 7.11 Å². The van der Waals surface area contributed by atoms with Gasteiger partial charge in [-0.05, 0) is 50.3 Å². The Hall–Kier alpha value is -1.28. The van der Waals surface area contributed by atoms with Gasteiger partial charge in [0, 0.05) is 12.1 Å². The molecule has 1 unspecified atom stereocenters. The summed E-state index contributed by atoms with van der Waals surface area (Å²) in [7, 11) is 1.70. The molecule has 0 aromatic heterocycles. The molecule has 18 heavy (non-hydrogen) atoms. The summed E-state index contributed by atoms with van der Waals surface area (Å²) in [5.41, 5.74) is 1.38. The first-order chi connectivity index (χ1) is 8.78. The lowest BCUT2D eigenvalue weighted by Gasteiger charge is -2.19. The maximum absolute atomic E-state index is 5.16. The molecule has 2 rings (SSSR count). The summed E-state index contributed by atoms with van der Waals surface area (Å²) in [6.45, 7) is 2.28. The van der Waals surface area contributed by atoms with E-state index in [-0.39, 0.29) is 0 Å². The van der Waals surface area contributed by atoms with Crippen LogP contribution in [0.15, 0.2) is 36.4 Å². The zero-order chi connectivity index (χ0) is 12.8. The minimum Gasteiger partial charge on any atom is -0.497 e. The molecule has 2 heteroatoms. The molecule has 0 amide bonds. The van der Waals surface area contributed by atoms with Gasteiger partial charge in [0.25, 0.3) is 0 Å². The molecule has 2 nitrogen and oxygen atoms in total. The molecule has 0 fully saturated rings. The van der Waals surface area contributed by atoms with Crippen molar-refractivity contribution in [3.8, 4) is 5.75 Å². The van der Waals surface area contributed by atoms with Gasteiger partial charge >= 0.3 is 0 Å². The normalized spacial score (nSPS) is 17.0. The fourth-order valence-electron chi connectivity index (χ4n) is 2.41. The van der Waals surface area contributed by atoms with Crippen molar-refractivity contribution in [2.75, 3.05) is 7.11 Å². The lowest BCUT2D eigenvalue weighted by Crippen LogP contribution is -2.35. The third-order valence-corrected chi connectivity index (χ3v) is 3.55. The summed E-state index contributed by atoms with van der Waals surface area (Å²) in [4.78, 5) is 0. The standard InChI is InChI=1S/C16H23NO/c1-13(17-15-5-3-4-6-15)7-8-14-9-11-16(18-2)12-10-14/h3-4,9-13,15,17H,5-8H2,1-2H3. The van der Waals surface area contributed by atoms with Crippen LogP contribution in [0.5, 0.6) is 5.75 Å². The summed E-state index contributed by atoms with van der Waals surface area (Å²) in [6.07, 6.45) is 9.22. The van der Waals surface area contributed by atoms with Crippen LogP contribution in [0.2, 0.25) is 0 Å². The Morgan fingerprint density at radius 2 is 1.89 bits per heavy atom. The number of benzene rings is 1. The van der Waals surface area contributed by atoms with Gasteiger partial charge in [0.2, 0.25) is 0 Å². The predicted octanol–water partition coefficient (Wildman–Crippen LogP) is 3.32. The van der Waals surface area contributed by atoms with Crippen LogP contribution < -0.4 is 10.1 Å². The van der Waals surface area contributed by atoms with Gasteiger partial charge in [0.05, 0.1) is 7.11 Å². The molecular formula is C16H23NO. The van der Waals surface area contributed by atoms with E-state index < -0.39 is 0 Å². The zero-order valence-electron chi connectivity index (χ0n) is 11.4. The average Bonchev–Trinajstić information content (AvgIpc) is 2.90. The second-order valence-electron chi connectivity index (χ2n) is 5.09. The predicted molar refractivity (Wildman–Crippen MR) is 76.1 cm³/mol. The van der Waals surface area contributed by atoms with Gasteiger partial charge in [-0.25, -0.2) is 0 Å². The molecule has 0 spiro atoms. The van der Waals surface area contributed by atoms with E-state index >= 15 is 0 Å². The lowest BCUT2D eigenvalue weighted by atomic mass is 10.0. The SMILES string of the molecule is COc1ccc(CCC(C)NC2CC=CC2)cc1. The fourth-order valence-corrected chi connectivity index (χ4v) is 2.41. The van der Waals surface area contributed by atoms with Gasteiger partial charge in [-0.15, -0.1) is 0 Å². The summed E-state index contributed by atoms with van der Waals surface area (Å²) in [5.74, 6) is 0.932. The van der Waals surface area contributed by atoms with Crippen LogP contribution in [0.1, 0.15) is 31.7 Å². The lowest BCUT2D eigenvalue weighted by molar-refractivity contribution is 0.414. The second-order valence-corrected chi connectivity index (χ2v) is 5.09. The van der Waals surface area contributed by atoms with Gasteiger partial charge in [0.1, 0.15) is 5.75 Å². The Morgan fingerprint density at radius 3 is 2.50 bits per heavy atom. The molecule has 0 radical (unpaired) electrons. The van der Waals surface area contributed by atoms with E-state index in [0.717, 1.165) is 12.2 Å². The molecule has 0 aliphatic heterocycles. The molecule has 1 N–H and O–H groups in total. The highest BCUT2D eigenvalue weighted by atomic mass is 16.5. The van der Waals surface area contributed by atoms with Crippen molar-refractivity contribution in [1.29, 1.82) is 0 Å². The van der Waals surface area contributed by atoms with Crippen molar-refractivity contribution in [3.05, 3.63) is 42.0 Å². The fraction of sp³-hybridized carbons (Fsp3) is 0.500. The van der Waals surface area contributed by atoms with Crippen LogP contribution in [0.3, 0.4) is 0 Å². The van der Waals surface area contributed by atoms with Gasteiger partial charge < -0.3 is 10.1 Å². The summed E-state index contributed by atoms with van der Waals surface area (Å²) < 4.78 is 5.16. The molecule has 1 aromatic rings. The third-order valence-electron chi connectivity index (χ3n) is 3.55. The minimum absolute atomic E-state index is 0.581. The Bertz CT molecular complexity index is 375. The topological polar surface area (TPSA) is 21.3 Å². The van der Waals surface area contributed by atoms with Crippen molar-refractivity contribution in [2.45, 2.75) is 44.7 Å². The number of ether oxygens (including phenoxy) is 1. The van der Waals surface area contributed by atoms with Crippen LogP contribution in [0, 0.1) is 0 Å². The van der Waals surface area contributed by atoms with Crippen molar-refractivity contribution in [3.63, 3.8) is 0 Å². The molecule has 1 aliphatic rings. The second kappa shape index (κ2) is 6.60. The molecule has 0 bridgehead atoms. The quantitative estimate of drug-likeness (QED) is 0.776. The Morgan fingerprint density at radius 1 is 1.22 bits per heavy atom. The van der Waals surface area contributed by atoms with Crippen LogP contribution in [-0.4, -0.2) is 19.2 Å². The summed E-state index contributed by atoms with van der Waals surface area (Å²) >= 11 is 0. The first-order valence-corrected chi connectivity index (χ1v) is 6.82. The minimum atomic E-state index is 0.581. The maximum atomic E-state index is 5.16. The molecule has 0 heterocycles. The molecule has 1 atom stereocenters. The largest absolute Gasteiger partial charge is 0.497 e. The number of nitrogens with one attached hydrogen (secondary N) is 1. The molecule has 0 saturated carbocycles. The van der Waals surface area contributed by atoms with Crippen LogP contribution in [0.4, 0.5) is 0 Å². The monoisotopic (exact) mass is 245 g/mol. The van der Waals surface area contributed by atoms with Gasteiger partial charge in [-0.3, -0.25) is 0 Å². The number of aryl methyl sites for hydroxylation is 1. The van der Waals surface area contributed by atoms with Gasteiger partial charge in [-0.2, -0.15) is 0 Å². The van der Waals surface area contributed by atoms with E-state index in [1.165, 1.54) is 24.8 Å². The smallest absolute Gasteiger partial charge is 0.118 e. The molecular weight excluding hydrogens is 222 g/mol. The van der Waals surface area contributed by atoms with E-state index in [9.17, 15) is 0 Å². The van der Waals surface area contributed by atoms with Crippen LogP contribution in [0.25, 0.3) is 0 Å². The highest BCUT2D eigenvalue weighted by molar-refractivity contribution is 5.27. The summed E-state index contributed by atoms with van der Waals surface area (Å²) in [5, 5.41) is 3.68. The van der Waals surface area contributed by atoms with Gasteiger partial charge in [0.15, 0.2) is 0 Å². The average molecular weight is 245 g/mol. The third kappa shape index (κ3) is 3.88. The van der Waals surface area contributed by atoms with Crippen molar-refractivity contribution in [2.24, 2.45) is 0 Å². The summed E-state index contributed by atoms with van der Waals surface area (Å²) in [6, 6.07) is 9.63. The number of rotatable bonds is 6. The van der Waals surface area contributed by atoms with Gasteiger partial charge in [-0.1, -0.05) is 24.3 Å². The van der Waals surface area contributed by atoms with E-state index in [1.807, 2.05) is 12.1 Å². The maximum Gasteiger partial charge on any atom is 0.118 e. The Kier molecular flexibility index (Phi) is 4.82. The Labute approximate surface area is 110 Å². The number of hydrogen-bond donors (Lipinski definition) is 1. The van der Waals surface area contributed by atoms with E-state index in [0.29, 0.717) is 12.1 Å². The molecule has 1 aromatic carbocycles. The number of hydrogen-bond acceptors (Lipinski definition) is 2. The van der Waals surface area contributed by atoms with Crippen LogP contribution in [-0.2, 0) is 6.42 Å². The van der Waals surface area contributed by atoms with E-state index in [4.69, 9.17) is 4.74 Å². The van der Waals surface area contributed by atoms with Crippen LogP contribution >= 0.6 is 0 Å². The zero-order valence-corrected chi connectivity index (χ0v) is 11.4. The Balaban J connectivity index is 1.72. The molecule has 0 saturated heterocycles. The van der Waals surface area contributed by atoms with Crippen molar-refractivity contribution >= 4 is 0 Å². The molecule has 1 aliphatic carbocycles. The highest BCUT2D eigenvalue weighted by Gasteiger charge is 2.12. The van der Waals surface area contributed by atoms with Crippen molar-refractivity contribution in [1.82, 2.24) is 5.32 Å². The van der Waals surface area contributed by atoms with E-state index in [2.05, 4.69) is 36.5 Å². The first kappa shape index (κ1) is 13.2. The number of methoxy groups -OCH3 is 1. The molecule has 98 valence electrons.